The van der Waals surface area contributed by atoms with E-state index in [2.05, 4.69) is 44.0 Å². The number of aliphatic hydroxyl groups excluding tert-OH is 2. The predicted molar refractivity (Wildman–Crippen MR) is 209 cm³/mol. The van der Waals surface area contributed by atoms with Gasteiger partial charge in [0.1, 0.15) is 0 Å². The molecule has 5 N–H and O–H groups in total. The van der Waals surface area contributed by atoms with E-state index >= 15 is 0 Å². The van der Waals surface area contributed by atoms with E-state index in [-0.39, 0.29) is 4.90 Å². The van der Waals surface area contributed by atoms with Crippen LogP contribution in [-0.2, 0) is 30.8 Å². The van der Waals surface area contributed by atoms with Crippen LogP contribution < -0.4 is 16.0 Å². The third-order valence-electron chi connectivity index (χ3n) is 8.77. The minimum absolute atomic E-state index is 0.283. The molecular formula is C39H47BrN4O7S. The Kier molecular flexibility index (Phi) is 15.8. The number of carbonyl (C=O) groups excluding carboxylic acids is 2. The van der Waals surface area contributed by atoms with Crippen molar-refractivity contribution in [2.45, 2.75) is 56.6 Å². The molecule has 0 aliphatic carbocycles. The topological polar surface area (TPSA) is 157 Å². The van der Waals surface area contributed by atoms with E-state index < -0.39 is 22.2 Å². The molecular weight excluding hydrogens is 748 g/mol. The van der Waals surface area contributed by atoms with Crippen LogP contribution in [0.2, 0.25) is 0 Å². The summed E-state index contributed by atoms with van der Waals surface area (Å²) in [5, 5.41) is 29.2. The van der Waals surface area contributed by atoms with E-state index in [9.17, 15) is 28.2 Å². The fourth-order valence-corrected chi connectivity index (χ4v) is 7.40. The molecule has 1 aliphatic rings. The summed E-state index contributed by atoms with van der Waals surface area (Å²) in [4.78, 5) is 21.3. The number of rotatable bonds is 16. The fraction of sp³-hybridized carbons (Fsp3) is 0.333. The van der Waals surface area contributed by atoms with Gasteiger partial charge in [0.15, 0.2) is 0 Å². The zero-order valence-corrected chi connectivity index (χ0v) is 31.8. The van der Waals surface area contributed by atoms with E-state index in [0.29, 0.717) is 50.9 Å². The van der Waals surface area contributed by atoms with Gasteiger partial charge in [-0.15, -0.1) is 0 Å². The number of hydrogen-bond donors (Lipinski definition) is 5. The number of morpholine rings is 1. The average Bonchev–Trinajstić information content (AvgIpc) is 3.16. The third kappa shape index (κ3) is 11.7. The van der Waals surface area contributed by atoms with Crippen LogP contribution in [0.4, 0.5) is 22.7 Å². The second kappa shape index (κ2) is 20.2. The molecule has 1 saturated heterocycles. The number of benzene rings is 4. The average molecular weight is 796 g/mol. The number of sulfonamides is 1. The van der Waals surface area contributed by atoms with Crippen molar-refractivity contribution in [3.05, 3.63) is 113 Å². The molecule has 5 rings (SSSR count). The molecule has 0 saturated carbocycles. The molecule has 0 unspecified atom stereocenters. The van der Waals surface area contributed by atoms with Gasteiger partial charge in [-0.2, -0.15) is 4.31 Å². The largest absolute Gasteiger partial charge is 0.388 e. The van der Waals surface area contributed by atoms with Crippen molar-refractivity contribution >= 4 is 61.5 Å². The van der Waals surface area contributed by atoms with Crippen molar-refractivity contribution in [2.75, 3.05) is 47.6 Å². The first-order valence-corrected chi connectivity index (χ1v) is 19.7. The molecule has 4 aromatic carbocycles. The van der Waals surface area contributed by atoms with Crippen LogP contribution >= 0.6 is 15.9 Å². The Balaban J connectivity index is 0.000000363. The molecule has 278 valence electrons. The van der Waals surface area contributed by atoms with E-state index in [0.717, 1.165) is 64.3 Å². The van der Waals surface area contributed by atoms with E-state index in [1.54, 1.807) is 30.3 Å². The van der Waals surface area contributed by atoms with E-state index in [1.807, 2.05) is 56.3 Å². The number of hydrogen-bond acceptors (Lipinski definition) is 8. The van der Waals surface area contributed by atoms with Crippen molar-refractivity contribution in [2.24, 2.45) is 0 Å². The SMILES string of the molecule is Cc1ccc([C@@H](O)CBr)cc1NC=O.Cc1ccc([C@@H](O)CCCCc2ccc(Nc3ccc(S(=O)(=O)N4CCOCC4)cc3)cc2)cc1NC=O. The molecule has 52 heavy (non-hydrogen) atoms. The predicted octanol–water partition coefficient (Wildman–Crippen LogP) is 6.77. The maximum absolute atomic E-state index is 12.8. The van der Waals surface area contributed by atoms with Gasteiger partial charge in [0.2, 0.25) is 22.8 Å². The lowest BCUT2D eigenvalue weighted by Crippen LogP contribution is -2.40. The third-order valence-corrected chi connectivity index (χ3v) is 11.3. The molecule has 0 spiro atoms. The lowest BCUT2D eigenvalue weighted by molar-refractivity contribution is -0.106. The number of nitrogens with one attached hydrogen (secondary N) is 3. The van der Waals surface area contributed by atoms with Crippen molar-refractivity contribution in [3.8, 4) is 0 Å². The zero-order valence-electron chi connectivity index (χ0n) is 29.4. The molecule has 0 radical (unpaired) electrons. The Bertz CT molecular complexity index is 1850. The number of anilines is 4. The van der Waals surface area contributed by atoms with Gasteiger partial charge in [-0.3, -0.25) is 9.59 Å². The van der Waals surface area contributed by atoms with E-state index in [1.165, 1.54) is 9.87 Å². The van der Waals surface area contributed by atoms with E-state index in [4.69, 9.17) is 4.74 Å². The number of ether oxygens (including phenoxy) is 1. The molecule has 1 heterocycles. The second-order valence-corrected chi connectivity index (χ2v) is 15.1. The smallest absolute Gasteiger partial charge is 0.243 e. The lowest BCUT2D eigenvalue weighted by Gasteiger charge is -2.26. The molecule has 0 aromatic heterocycles. The Morgan fingerprint density at radius 1 is 0.769 bits per heavy atom. The van der Waals surface area contributed by atoms with Crippen molar-refractivity contribution in [3.63, 3.8) is 0 Å². The Morgan fingerprint density at radius 2 is 1.29 bits per heavy atom. The number of aryl methyl sites for hydroxylation is 3. The standard InChI is InChI=1S/C29H35N3O5S.C10H12BrNO2/c1-22-6-9-24(20-28(22)30-21-33)29(34)5-3-2-4-23-7-10-25(11-8-23)31-26-12-14-27(15-13-26)38(35,36)32-16-18-37-19-17-32;1-7-2-3-8(10(14)5-11)4-9(7)12-6-13/h6-15,20-21,29,31,34H,2-5,16-19H2,1H3,(H,30,33);2-4,6,10,14H,5H2,1H3,(H,12,13)/t29-;10-/m00/s1. The first-order valence-electron chi connectivity index (χ1n) is 17.1. The van der Waals surface area contributed by atoms with Gasteiger partial charge in [0.25, 0.3) is 0 Å². The summed E-state index contributed by atoms with van der Waals surface area (Å²) < 4.78 is 32.3. The zero-order chi connectivity index (χ0) is 37.5. The first kappa shape index (κ1) is 40.7. The number of amides is 2. The van der Waals surface area contributed by atoms with Gasteiger partial charge in [0, 0.05) is 41.2 Å². The fourth-order valence-electron chi connectivity index (χ4n) is 5.62. The lowest BCUT2D eigenvalue weighted by atomic mass is 9.99. The maximum Gasteiger partial charge on any atom is 0.243 e. The Hall–Kier alpha value is -4.11. The summed E-state index contributed by atoms with van der Waals surface area (Å²) in [6.45, 7) is 5.42. The normalized spacial score (nSPS) is 14.3. The van der Waals surface area contributed by atoms with Gasteiger partial charge < -0.3 is 30.9 Å². The minimum Gasteiger partial charge on any atom is -0.388 e. The van der Waals surface area contributed by atoms with Crippen molar-refractivity contribution in [1.29, 1.82) is 0 Å². The van der Waals surface area contributed by atoms with Crippen LogP contribution in [0.5, 0.6) is 0 Å². The number of aliphatic hydroxyl groups is 2. The Labute approximate surface area is 314 Å². The summed E-state index contributed by atoms with van der Waals surface area (Å²) in [6.07, 6.45) is 3.57. The summed E-state index contributed by atoms with van der Waals surface area (Å²) in [5.41, 5.74) is 7.94. The molecule has 1 fully saturated rings. The molecule has 11 nitrogen and oxygen atoms in total. The second-order valence-electron chi connectivity index (χ2n) is 12.5. The number of nitrogens with zero attached hydrogens (tertiary/aromatic N) is 1. The van der Waals surface area contributed by atoms with Crippen LogP contribution in [0.15, 0.2) is 89.8 Å². The summed E-state index contributed by atoms with van der Waals surface area (Å²) >= 11 is 3.19. The molecule has 1 aliphatic heterocycles. The summed E-state index contributed by atoms with van der Waals surface area (Å²) in [5.74, 6) is 0. The van der Waals surface area contributed by atoms with Crippen LogP contribution in [0.25, 0.3) is 0 Å². The van der Waals surface area contributed by atoms with Crippen molar-refractivity contribution < 1.29 is 33.0 Å². The van der Waals surface area contributed by atoms with Crippen LogP contribution in [0, 0.1) is 13.8 Å². The number of unbranched alkanes of at least 4 members (excludes halogenated alkanes) is 1. The van der Waals surface area contributed by atoms with Gasteiger partial charge >= 0.3 is 0 Å². The Morgan fingerprint density at radius 3 is 1.81 bits per heavy atom. The molecule has 0 bridgehead atoms. The highest BCUT2D eigenvalue weighted by atomic mass is 79.9. The monoisotopic (exact) mass is 794 g/mol. The quantitative estimate of drug-likeness (QED) is 0.0473. The van der Waals surface area contributed by atoms with Gasteiger partial charge in [-0.1, -0.05) is 58.7 Å². The number of carbonyl (C=O) groups is 2. The molecule has 13 heteroatoms. The number of alkyl halides is 1. The molecule has 2 atom stereocenters. The summed E-state index contributed by atoms with van der Waals surface area (Å²) in [7, 11) is -3.50. The highest BCUT2D eigenvalue weighted by Crippen LogP contribution is 2.26. The molecule has 4 aromatic rings. The van der Waals surface area contributed by atoms with Crippen LogP contribution in [0.1, 0.15) is 59.3 Å². The van der Waals surface area contributed by atoms with Gasteiger partial charge in [-0.05, 0) is 109 Å². The first-order chi connectivity index (χ1) is 25.0. The molecule has 2 amide bonds. The maximum atomic E-state index is 12.8. The number of halogens is 1. The highest BCUT2D eigenvalue weighted by molar-refractivity contribution is 9.09. The van der Waals surface area contributed by atoms with Gasteiger partial charge in [-0.25, -0.2) is 8.42 Å². The van der Waals surface area contributed by atoms with Gasteiger partial charge in [0.05, 0.1) is 30.3 Å². The van der Waals surface area contributed by atoms with Crippen molar-refractivity contribution in [1.82, 2.24) is 4.31 Å². The minimum atomic E-state index is -3.50. The summed E-state index contributed by atoms with van der Waals surface area (Å²) in [6, 6.07) is 26.1. The highest BCUT2D eigenvalue weighted by Gasteiger charge is 2.26. The van der Waals surface area contributed by atoms with Crippen LogP contribution in [0.3, 0.4) is 0 Å². The van der Waals surface area contributed by atoms with Crippen LogP contribution in [-0.4, -0.2) is 67.4 Å².